The first-order valence-electron chi connectivity index (χ1n) is 9.62. The molecule has 0 unspecified atom stereocenters. The van der Waals surface area contributed by atoms with Crippen LogP contribution in [0.15, 0.2) is 38.9 Å². The van der Waals surface area contributed by atoms with Gasteiger partial charge in [0, 0.05) is 13.1 Å². The molecule has 13 heteroatoms. The van der Waals surface area contributed by atoms with Crippen LogP contribution in [0, 0.1) is 18.3 Å². The van der Waals surface area contributed by atoms with E-state index >= 15 is 0 Å². The fraction of sp³-hybridized carbons (Fsp3) is 0.300. The number of nitrogens with zero attached hydrogens (tertiary/aromatic N) is 3. The third-order valence-electron chi connectivity index (χ3n) is 5.13. The number of carbonyl (C=O) groups is 1. The van der Waals surface area contributed by atoms with Crippen LogP contribution in [0.3, 0.4) is 0 Å². The zero-order valence-electron chi connectivity index (χ0n) is 17.6. The van der Waals surface area contributed by atoms with Crippen molar-refractivity contribution < 1.29 is 26.7 Å². The number of pyridine rings is 1. The van der Waals surface area contributed by atoms with Crippen molar-refractivity contribution in [1.82, 2.24) is 9.29 Å². The van der Waals surface area contributed by atoms with Gasteiger partial charge in [-0.05, 0) is 43.2 Å². The minimum absolute atomic E-state index is 0.0605. The van der Waals surface area contributed by atoms with Crippen LogP contribution >= 0.6 is 0 Å². The number of aliphatic imine (C=N–C) groups is 1. The molecule has 2 heterocycles. The Balaban J connectivity index is 2.02. The monoisotopic (exact) mass is 492 g/mol. The van der Waals surface area contributed by atoms with Crippen LogP contribution in [0.1, 0.15) is 36.1 Å². The Kier molecular flexibility index (Phi) is 6.44. The van der Waals surface area contributed by atoms with Gasteiger partial charge < -0.3 is 5.11 Å². The number of aromatic nitrogens is 1. The Morgan fingerprint density at radius 3 is 2.48 bits per heavy atom. The third kappa shape index (κ3) is 4.96. The molecule has 11 nitrogen and oxygen atoms in total. The van der Waals surface area contributed by atoms with Crippen molar-refractivity contribution in [3.05, 3.63) is 51.3 Å². The largest absolute Gasteiger partial charge is 0.494 e. The lowest BCUT2D eigenvalue weighted by Gasteiger charge is -2.18. The molecule has 1 aliphatic rings. The van der Waals surface area contributed by atoms with Gasteiger partial charge in [0.1, 0.15) is 11.6 Å². The van der Waals surface area contributed by atoms with Crippen LogP contribution in [0.4, 0.5) is 5.69 Å². The highest BCUT2D eigenvalue weighted by atomic mass is 32.2. The number of carbonyl (C=O) groups excluding carboxylic acids is 1. The molecule has 1 aromatic carbocycles. The van der Waals surface area contributed by atoms with Crippen LogP contribution in [-0.4, -0.2) is 50.1 Å². The molecule has 3 rings (SSSR count). The quantitative estimate of drug-likeness (QED) is 0.572. The molecule has 0 radical (unpaired) electrons. The Morgan fingerprint density at radius 2 is 1.97 bits per heavy atom. The summed E-state index contributed by atoms with van der Waals surface area (Å²) in [6.07, 6.45) is 1.34. The summed E-state index contributed by atoms with van der Waals surface area (Å²) in [5.41, 5.74) is -0.499. The molecular weight excluding hydrogens is 472 g/mol. The number of aromatic hydroxyl groups is 1. The molecule has 1 saturated heterocycles. The highest BCUT2D eigenvalue weighted by molar-refractivity contribution is 7.91. The highest BCUT2D eigenvalue weighted by Gasteiger charge is 2.33. The Labute approximate surface area is 190 Å². The molecule has 1 aromatic heterocycles. The van der Waals surface area contributed by atoms with Crippen LogP contribution < -0.4 is 10.3 Å². The maximum Gasteiger partial charge on any atom is 0.271 e. The minimum Gasteiger partial charge on any atom is -0.494 e. The normalized spacial score (nSPS) is 17.7. The van der Waals surface area contributed by atoms with Gasteiger partial charge in [0.2, 0.25) is 11.8 Å². The van der Waals surface area contributed by atoms with Crippen molar-refractivity contribution in [3.8, 4) is 11.9 Å². The first-order valence-corrected chi connectivity index (χ1v) is 12.9. The van der Waals surface area contributed by atoms with Crippen LogP contribution in [0.5, 0.6) is 5.88 Å². The first-order chi connectivity index (χ1) is 15.4. The number of benzene rings is 1. The molecule has 1 amide bonds. The molecule has 1 atom stereocenters. The van der Waals surface area contributed by atoms with Gasteiger partial charge in [0.25, 0.3) is 15.6 Å². The molecule has 0 aliphatic carbocycles. The molecule has 1 fully saturated rings. The lowest BCUT2D eigenvalue weighted by Crippen LogP contribution is -2.29. The van der Waals surface area contributed by atoms with E-state index in [-0.39, 0.29) is 45.2 Å². The van der Waals surface area contributed by atoms with E-state index in [9.17, 15) is 36.8 Å². The number of hydrogen-bond acceptors (Lipinski definition) is 9. The molecular formula is C20H20N4O7S2. The van der Waals surface area contributed by atoms with Gasteiger partial charge in [-0.2, -0.15) is 5.26 Å². The minimum atomic E-state index is -4.01. The maximum absolute atomic E-state index is 12.7. The van der Waals surface area contributed by atoms with E-state index in [2.05, 4.69) is 4.99 Å². The van der Waals surface area contributed by atoms with E-state index < -0.39 is 43.2 Å². The summed E-state index contributed by atoms with van der Waals surface area (Å²) in [4.78, 5) is 27.8. The van der Waals surface area contributed by atoms with Gasteiger partial charge in [-0.15, -0.1) is 0 Å². The smallest absolute Gasteiger partial charge is 0.271 e. The molecule has 174 valence electrons. The van der Waals surface area contributed by atoms with Gasteiger partial charge in [0.15, 0.2) is 9.84 Å². The average molecular weight is 493 g/mol. The molecule has 2 N–H and O–H groups in total. The van der Waals surface area contributed by atoms with E-state index in [1.165, 1.54) is 37.4 Å². The first kappa shape index (κ1) is 24.1. The Hall–Kier alpha value is -3.50. The fourth-order valence-electron chi connectivity index (χ4n) is 3.51. The van der Waals surface area contributed by atoms with E-state index in [4.69, 9.17) is 0 Å². The van der Waals surface area contributed by atoms with Crippen molar-refractivity contribution in [1.29, 1.82) is 5.26 Å². The number of hydrogen-bond donors (Lipinski definition) is 2. The van der Waals surface area contributed by atoms with Gasteiger partial charge in [0.05, 0.1) is 33.7 Å². The second-order valence-corrected chi connectivity index (χ2v) is 11.4. The van der Waals surface area contributed by atoms with Crippen molar-refractivity contribution in [2.45, 2.75) is 31.2 Å². The number of rotatable bonds is 5. The third-order valence-corrected chi connectivity index (χ3v) is 8.33. The number of sulfonamides is 1. The fourth-order valence-corrected chi connectivity index (χ4v) is 6.20. The average Bonchev–Trinajstić information content (AvgIpc) is 3.07. The number of amides is 1. The second kappa shape index (κ2) is 8.80. The topological polar surface area (TPSA) is 176 Å². The molecule has 33 heavy (non-hydrogen) atoms. The molecule has 1 aliphatic heterocycles. The van der Waals surface area contributed by atoms with Gasteiger partial charge in [-0.1, -0.05) is 0 Å². The lowest BCUT2D eigenvalue weighted by molar-refractivity contribution is -0.117. The lowest BCUT2D eigenvalue weighted by atomic mass is 10.0. The summed E-state index contributed by atoms with van der Waals surface area (Å²) in [7, 11) is -7.37. The molecule has 2 aromatic rings. The second-order valence-electron chi connectivity index (χ2n) is 7.49. The van der Waals surface area contributed by atoms with E-state index in [0.29, 0.717) is 0 Å². The summed E-state index contributed by atoms with van der Waals surface area (Å²) in [6, 6.07) is 6.18. The standard InChI is InChI=1S/C20H20N4O7S2/c1-12-17(9-21)19(26)24(15-7-8-32(28,29)11-15)20(27)18(12)10-22-14-3-5-16(6-4-14)33(30,31)23-13(2)25/h3-6,10,15,27H,7-8,11H2,1-2H3,(H,23,25)/t15-/m0/s1. The predicted octanol–water partition coefficient (Wildman–Crippen LogP) is 0.669. The van der Waals surface area contributed by atoms with Gasteiger partial charge >= 0.3 is 0 Å². The highest BCUT2D eigenvalue weighted by Crippen LogP contribution is 2.30. The predicted molar refractivity (Wildman–Crippen MR) is 119 cm³/mol. The van der Waals surface area contributed by atoms with Crippen molar-refractivity contribution in [3.63, 3.8) is 0 Å². The Morgan fingerprint density at radius 1 is 1.33 bits per heavy atom. The van der Waals surface area contributed by atoms with E-state index in [1.54, 1.807) is 6.07 Å². The van der Waals surface area contributed by atoms with E-state index in [0.717, 1.165) is 11.5 Å². The number of sulfone groups is 1. The van der Waals surface area contributed by atoms with Crippen LogP contribution in [-0.2, 0) is 24.7 Å². The summed E-state index contributed by atoms with van der Waals surface area (Å²) in [5.74, 6) is -1.69. The maximum atomic E-state index is 12.7. The van der Waals surface area contributed by atoms with Crippen molar-refractivity contribution in [2.24, 2.45) is 4.99 Å². The van der Waals surface area contributed by atoms with E-state index in [1.807, 2.05) is 4.72 Å². The number of nitrogens with one attached hydrogen (secondary N) is 1. The SMILES string of the molecule is CC(=O)NS(=O)(=O)c1ccc(N=Cc2c(C)c(C#N)c(=O)n([C@H]3CCS(=O)(=O)C3)c2O)cc1. The summed E-state index contributed by atoms with van der Waals surface area (Å²) in [5, 5.41) is 20.2. The van der Waals surface area contributed by atoms with Crippen LogP contribution in [0.25, 0.3) is 0 Å². The number of nitriles is 1. The zero-order chi connectivity index (χ0) is 24.6. The summed E-state index contributed by atoms with van der Waals surface area (Å²) < 4.78 is 50.5. The zero-order valence-corrected chi connectivity index (χ0v) is 19.3. The van der Waals surface area contributed by atoms with Gasteiger partial charge in [-0.3, -0.25) is 19.1 Å². The summed E-state index contributed by atoms with van der Waals surface area (Å²) in [6.45, 7) is 2.53. The Bertz CT molecular complexity index is 1470. The molecule has 0 spiro atoms. The van der Waals surface area contributed by atoms with Crippen LogP contribution in [0.2, 0.25) is 0 Å². The molecule has 0 saturated carbocycles. The van der Waals surface area contributed by atoms with Gasteiger partial charge in [-0.25, -0.2) is 21.6 Å². The van der Waals surface area contributed by atoms with Crippen molar-refractivity contribution >= 4 is 37.7 Å². The molecule has 0 bridgehead atoms. The summed E-state index contributed by atoms with van der Waals surface area (Å²) >= 11 is 0. The van der Waals surface area contributed by atoms with Crippen molar-refractivity contribution in [2.75, 3.05) is 11.5 Å².